The predicted octanol–water partition coefficient (Wildman–Crippen LogP) is 4.56. The van der Waals surface area contributed by atoms with E-state index in [4.69, 9.17) is 5.73 Å². The van der Waals surface area contributed by atoms with Crippen LogP contribution < -0.4 is 5.73 Å². The molecular formula is C15H17BrNS2+. The minimum absolute atomic E-state index is 0.404. The van der Waals surface area contributed by atoms with E-state index in [9.17, 15) is 0 Å². The molecule has 0 saturated carbocycles. The molecule has 0 heterocycles. The number of rotatable bonds is 4. The second-order valence-corrected chi connectivity index (χ2v) is 8.78. The van der Waals surface area contributed by atoms with E-state index >= 15 is 0 Å². The molecule has 2 N–H and O–H groups in total. The molecule has 0 aromatic heterocycles. The van der Waals surface area contributed by atoms with Crippen LogP contribution in [0, 0.1) is 0 Å². The van der Waals surface area contributed by atoms with Gasteiger partial charge in [-0.2, -0.15) is 0 Å². The number of benzene rings is 2. The maximum atomic E-state index is 6.07. The van der Waals surface area contributed by atoms with Gasteiger partial charge in [0.15, 0.2) is 0 Å². The van der Waals surface area contributed by atoms with Crippen molar-refractivity contribution in [3.63, 3.8) is 0 Å². The summed E-state index contributed by atoms with van der Waals surface area (Å²) >= 11 is 5.19. The van der Waals surface area contributed by atoms with E-state index in [2.05, 4.69) is 58.8 Å². The molecule has 2 aromatic carbocycles. The molecule has 0 amide bonds. The minimum Gasteiger partial charge on any atom is -0.398 e. The molecule has 2 aromatic rings. The maximum Gasteiger partial charge on any atom is 0.133 e. The summed E-state index contributed by atoms with van der Waals surface area (Å²) in [7, 11) is 0.404. The highest BCUT2D eigenvalue weighted by Crippen LogP contribution is 2.35. The van der Waals surface area contributed by atoms with Gasteiger partial charge in [-0.05, 0) is 35.2 Å². The van der Waals surface area contributed by atoms with Crippen molar-refractivity contribution in [2.24, 2.45) is 0 Å². The van der Waals surface area contributed by atoms with Crippen molar-refractivity contribution in [3.05, 3.63) is 52.5 Å². The largest absolute Gasteiger partial charge is 0.398 e. The standard InChI is InChI=1S/C15H17BrNS2/c1-19(2)10-11-5-3-4-6-14(11)18-15-8-7-12(16)9-13(15)17/h3-9H,10,17H2,1-2H3/q+1. The van der Waals surface area contributed by atoms with Crippen LogP contribution in [0.2, 0.25) is 0 Å². The normalized spacial score (nSPS) is 10.9. The Hall–Kier alpha value is -0.580. The minimum atomic E-state index is 0.404. The molecule has 100 valence electrons. The van der Waals surface area contributed by atoms with Gasteiger partial charge in [-0.1, -0.05) is 45.9 Å². The first-order chi connectivity index (χ1) is 9.06. The first-order valence-electron chi connectivity index (χ1n) is 5.91. The Kier molecular flexibility index (Phi) is 5.25. The topological polar surface area (TPSA) is 26.0 Å². The zero-order chi connectivity index (χ0) is 13.8. The zero-order valence-electron chi connectivity index (χ0n) is 11.0. The van der Waals surface area contributed by atoms with E-state index in [-0.39, 0.29) is 0 Å². The molecule has 0 aliphatic heterocycles. The van der Waals surface area contributed by atoms with Crippen LogP contribution in [0.1, 0.15) is 5.56 Å². The van der Waals surface area contributed by atoms with Crippen molar-refractivity contribution in [2.45, 2.75) is 15.5 Å². The molecule has 0 spiro atoms. The number of nitrogen functional groups attached to an aromatic ring is 1. The highest BCUT2D eigenvalue weighted by molar-refractivity contribution is 9.10. The van der Waals surface area contributed by atoms with Gasteiger partial charge in [0.05, 0.1) is 12.5 Å². The van der Waals surface area contributed by atoms with Crippen molar-refractivity contribution in [3.8, 4) is 0 Å². The van der Waals surface area contributed by atoms with Crippen molar-refractivity contribution >= 4 is 44.3 Å². The molecule has 19 heavy (non-hydrogen) atoms. The molecule has 0 aliphatic carbocycles. The Balaban J connectivity index is 2.27. The van der Waals surface area contributed by atoms with E-state index in [1.54, 1.807) is 11.8 Å². The van der Waals surface area contributed by atoms with Crippen LogP contribution in [0.25, 0.3) is 0 Å². The van der Waals surface area contributed by atoms with E-state index in [0.717, 1.165) is 20.8 Å². The SMILES string of the molecule is C[S+](C)Cc1ccccc1Sc1ccc(Br)cc1N. The van der Waals surface area contributed by atoms with Crippen molar-refractivity contribution in [2.75, 3.05) is 18.2 Å². The third-order valence-corrected chi connectivity index (χ3v) is 5.20. The van der Waals surface area contributed by atoms with Crippen LogP contribution in [-0.4, -0.2) is 12.5 Å². The van der Waals surface area contributed by atoms with Crippen LogP contribution in [0.3, 0.4) is 0 Å². The Morgan fingerprint density at radius 3 is 2.53 bits per heavy atom. The molecule has 0 saturated heterocycles. The number of hydrogen-bond donors (Lipinski definition) is 1. The molecular weight excluding hydrogens is 338 g/mol. The number of halogens is 1. The van der Waals surface area contributed by atoms with Gasteiger partial charge in [0, 0.05) is 25.5 Å². The third kappa shape index (κ3) is 4.20. The molecule has 0 radical (unpaired) electrons. The maximum absolute atomic E-state index is 6.07. The van der Waals surface area contributed by atoms with Gasteiger partial charge in [-0.25, -0.2) is 0 Å². The molecule has 1 nitrogen and oxygen atoms in total. The van der Waals surface area contributed by atoms with Crippen LogP contribution in [0.4, 0.5) is 5.69 Å². The van der Waals surface area contributed by atoms with Gasteiger partial charge in [0.1, 0.15) is 5.75 Å². The molecule has 2 rings (SSSR count). The Labute approximate surface area is 130 Å². The zero-order valence-corrected chi connectivity index (χ0v) is 14.2. The lowest BCUT2D eigenvalue weighted by molar-refractivity contribution is 1.26. The molecule has 4 heteroatoms. The summed E-state index contributed by atoms with van der Waals surface area (Å²) in [5.74, 6) is 1.12. The van der Waals surface area contributed by atoms with Gasteiger partial charge in [-0.3, -0.25) is 0 Å². The summed E-state index contributed by atoms with van der Waals surface area (Å²) in [4.78, 5) is 2.42. The Morgan fingerprint density at radius 1 is 1.11 bits per heavy atom. The van der Waals surface area contributed by atoms with Gasteiger partial charge in [0.2, 0.25) is 0 Å². The first-order valence-corrected chi connectivity index (χ1v) is 9.73. The summed E-state index contributed by atoms with van der Waals surface area (Å²) in [6, 6.07) is 14.6. The highest BCUT2D eigenvalue weighted by Gasteiger charge is 2.11. The van der Waals surface area contributed by atoms with E-state index in [0.29, 0.717) is 10.9 Å². The number of anilines is 1. The lowest BCUT2D eigenvalue weighted by Crippen LogP contribution is -2.00. The summed E-state index contributed by atoms with van der Waals surface area (Å²) in [6.45, 7) is 0. The van der Waals surface area contributed by atoms with E-state index in [1.165, 1.54) is 10.5 Å². The van der Waals surface area contributed by atoms with E-state index in [1.807, 2.05) is 12.1 Å². The number of hydrogen-bond acceptors (Lipinski definition) is 2. The number of nitrogens with two attached hydrogens (primary N) is 1. The molecule has 0 unspecified atom stereocenters. The van der Waals surface area contributed by atoms with Crippen LogP contribution in [0.5, 0.6) is 0 Å². The molecule has 0 aliphatic rings. The molecule has 0 fully saturated rings. The lowest BCUT2D eigenvalue weighted by atomic mass is 10.2. The fourth-order valence-electron chi connectivity index (χ4n) is 1.76. The smallest absolute Gasteiger partial charge is 0.133 e. The monoisotopic (exact) mass is 354 g/mol. The van der Waals surface area contributed by atoms with Crippen molar-refractivity contribution < 1.29 is 0 Å². The van der Waals surface area contributed by atoms with Crippen LogP contribution in [-0.2, 0) is 16.6 Å². The van der Waals surface area contributed by atoms with Crippen molar-refractivity contribution in [1.29, 1.82) is 0 Å². The fraction of sp³-hybridized carbons (Fsp3) is 0.200. The van der Waals surface area contributed by atoms with Gasteiger partial charge < -0.3 is 5.73 Å². The average Bonchev–Trinajstić information content (AvgIpc) is 2.34. The van der Waals surface area contributed by atoms with Gasteiger partial charge in [-0.15, -0.1) is 0 Å². The van der Waals surface area contributed by atoms with E-state index < -0.39 is 0 Å². The highest BCUT2D eigenvalue weighted by atomic mass is 79.9. The predicted molar refractivity (Wildman–Crippen MR) is 92.0 cm³/mol. The second-order valence-electron chi connectivity index (χ2n) is 4.52. The lowest BCUT2D eigenvalue weighted by Gasteiger charge is -2.09. The summed E-state index contributed by atoms with van der Waals surface area (Å²) in [5.41, 5.74) is 8.30. The molecule has 0 atom stereocenters. The first kappa shape index (κ1) is 14.8. The van der Waals surface area contributed by atoms with Crippen molar-refractivity contribution in [1.82, 2.24) is 0 Å². The quantitative estimate of drug-likeness (QED) is 0.643. The average molecular weight is 355 g/mol. The summed E-state index contributed by atoms with van der Waals surface area (Å²) < 4.78 is 1.02. The van der Waals surface area contributed by atoms with Gasteiger partial charge >= 0.3 is 0 Å². The summed E-state index contributed by atoms with van der Waals surface area (Å²) in [5, 5.41) is 0. The second kappa shape index (κ2) is 6.73. The van der Waals surface area contributed by atoms with Gasteiger partial charge in [0.25, 0.3) is 0 Å². The Bertz CT molecular complexity index is 570. The third-order valence-electron chi connectivity index (χ3n) is 2.61. The summed E-state index contributed by atoms with van der Waals surface area (Å²) in [6.07, 6.45) is 4.55. The molecule has 0 bridgehead atoms. The van der Waals surface area contributed by atoms with Crippen LogP contribution in [0.15, 0.2) is 56.7 Å². The Morgan fingerprint density at radius 2 is 1.84 bits per heavy atom. The van der Waals surface area contributed by atoms with Crippen LogP contribution >= 0.6 is 27.7 Å². The fourth-order valence-corrected chi connectivity index (χ4v) is 4.08.